The number of hydrogen-bond donors (Lipinski definition) is 1. The molecule has 3 fully saturated rings. The SMILES string of the molecule is CN1C=CC(OCc2noc(C34CC(NC(=O)COc5ccc(Cl)c(F)c5)(C3)C4)n2)=CC1C(F)(F)F. The number of ether oxygens (including phenoxy) is 2. The van der Waals surface area contributed by atoms with E-state index in [2.05, 4.69) is 15.5 Å². The number of hydrogen-bond acceptors (Lipinski definition) is 7. The van der Waals surface area contributed by atoms with Crippen molar-refractivity contribution in [1.29, 1.82) is 0 Å². The largest absolute Gasteiger partial charge is 0.486 e. The molecule has 13 heteroatoms. The van der Waals surface area contributed by atoms with Gasteiger partial charge in [0.25, 0.3) is 5.91 Å². The van der Waals surface area contributed by atoms with E-state index in [1.165, 1.54) is 31.5 Å². The molecule has 0 spiro atoms. The molecule has 1 amide bonds. The van der Waals surface area contributed by atoms with E-state index in [0.29, 0.717) is 25.2 Å². The summed E-state index contributed by atoms with van der Waals surface area (Å²) in [6.07, 6.45) is 1.11. The van der Waals surface area contributed by atoms with Crippen LogP contribution in [0.3, 0.4) is 0 Å². The first-order valence-corrected chi connectivity index (χ1v) is 11.4. The fourth-order valence-electron chi connectivity index (χ4n) is 4.90. The maximum absolute atomic E-state index is 13.5. The standard InChI is InChI=1S/C23H21ClF4N4O4/c1-32-5-4-14(7-17(32)23(26,27)28)34-8-18-29-20(36-31-18)21-10-22(11-21,12-21)30-19(33)9-35-13-2-3-15(24)16(25)6-13/h2-7,17H,8-12H2,1H3,(H,30,33). The van der Waals surface area contributed by atoms with Crippen LogP contribution in [0.25, 0.3) is 0 Å². The molecular weight excluding hydrogens is 508 g/mol. The Morgan fingerprint density at radius 2 is 2.06 bits per heavy atom. The third-order valence-electron chi connectivity index (χ3n) is 6.56. The number of rotatable bonds is 8. The van der Waals surface area contributed by atoms with Gasteiger partial charge in [0.1, 0.15) is 23.4 Å². The van der Waals surface area contributed by atoms with E-state index in [0.717, 1.165) is 17.0 Å². The second-order valence-corrected chi connectivity index (χ2v) is 9.75. The molecule has 1 N–H and O–H groups in total. The van der Waals surface area contributed by atoms with E-state index in [-0.39, 0.29) is 52.4 Å². The lowest BCUT2D eigenvalue weighted by atomic mass is 9.39. The summed E-state index contributed by atoms with van der Waals surface area (Å²) in [5.74, 6) is -0.0840. The Kier molecular flexibility index (Phi) is 5.89. The van der Waals surface area contributed by atoms with Gasteiger partial charge in [0, 0.05) is 24.9 Å². The van der Waals surface area contributed by atoms with Gasteiger partial charge in [-0.3, -0.25) is 4.79 Å². The van der Waals surface area contributed by atoms with Gasteiger partial charge in [-0.15, -0.1) is 0 Å². The Labute approximate surface area is 207 Å². The van der Waals surface area contributed by atoms with Gasteiger partial charge in [-0.05, 0) is 43.5 Å². The zero-order valence-electron chi connectivity index (χ0n) is 18.9. The van der Waals surface area contributed by atoms with Crippen LogP contribution in [0, 0.1) is 5.82 Å². The van der Waals surface area contributed by atoms with Crippen molar-refractivity contribution in [3.05, 3.63) is 64.9 Å². The minimum absolute atomic E-state index is 0.0347. The van der Waals surface area contributed by atoms with Crippen molar-refractivity contribution in [2.45, 2.75) is 49.0 Å². The number of alkyl halides is 3. The predicted molar refractivity (Wildman–Crippen MR) is 117 cm³/mol. The van der Waals surface area contributed by atoms with E-state index in [1.54, 1.807) is 0 Å². The molecule has 1 aromatic heterocycles. The first kappa shape index (κ1) is 24.4. The number of likely N-dealkylation sites (N-methyl/N-ethyl adjacent to an activating group) is 1. The maximum Gasteiger partial charge on any atom is 0.412 e. The molecule has 3 aliphatic carbocycles. The number of nitrogens with zero attached hydrogens (tertiary/aromatic N) is 3. The molecule has 3 saturated carbocycles. The van der Waals surface area contributed by atoms with Crippen LogP contribution >= 0.6 is 11.6 Å². The minimum Gasteiger partial charge on any atom is -0.486 e. The minimum atomic E-state index is -4.43. The summed E-state index contributed by atoms with van der Waals surface area (Å²) in [5.41, 5.74) is -0.722. The fraction of sp³-hybridized carbons (Fsp3) is 0.435. The Hall–Kier alpha value is -3.28. The molecule has 6 rings (SSSR count). The molecule has 0 radical (unpaired) electrons. The number of amides is 1. The number of halogens is 5. The van der Waals surface area contributed by atoms with Crippen molar-refractivity contribution in [2.24, 2.45) is 0 Å². The molecule has 0 saturated heterocycles. The molecule has 4 aliphatic rings. The lowest BCUT2D eigenvalue weighted by Crippen LogP contribution is -2.77. The summed E-state index contributed by atoms with van der Waals surface area (Å²) in [4.78, 5) is 17.7. The second kappa shape index (κ2) is 8.68. The van der Waals surface area contributed by atoms with E-state index in [4.69, 9.17) is 25.6 Å². The van der Waals surface area contributed by atoms with Gasteiger partial charge in [0.05, 0.1) is 10.4 Å². The van der Waals surface area contributed by atoms with Gasteiger partial charge in [-0.1, -0.05) is 16.8 Å². The average Bonchev–Trinajstić information content (AvgIpc) is 3.23. The Morgan fingerprint density at radius 1 is 1.31 bits per heavy atom. The summed E-state index contributed by atoms with van der Waals surface area (Å²) in [5, 5.41) is 6.77. The smallest absolute Gasteiger partial charge is 0.412 e. The van der Waals surface area contributed by atoms with E-state index in [9.17, 15) is 22.4 Å². The second-order valence-electron chi connectivity index (χ2n) is 9.34. The maximum atomic E-state index is 13.5. The third kappa shape index (κ3) is 4.61. The van der Waals surface area contributed by atoms with Crippen LogP contribution in [0.2, 0.25) is 5.02 Å². The molecule has 36 heavy (non-hydrogen) atoms. The number of nitrogens with one attached hydrogen (secondary N) is 1. The number of benzene rings is 1. The molecule has 1 aromatic carbocycles. The van der Waals surface area contributed by atoms with Crippen LogP contribution in [0.1, 0.15) is 31.0 Å². The molecule has 192 valence electrons. The summed E-state index contributed by atoms with van der Waals surface area (Å²) in [7, 11) is 1.33. The first-order valence-electron chi connectivity index (χ1n) is 11.0. The predicted octanol–water partition coefficient (Wildman–Crippen LogP) is 4.02. The zero-order valence-corrected chi connectivity index (χ0v) is 19.7. The van der Waals surface area contributed by atoms with Crippen LogP contribution in [-0.4, -0.2) is 52.4 Å². The highest BCUT2D eigenvalue weighted by atomic mass is 35.5. The lowest BCUT2D eigenvalue weighted by Gasteiger charge is -2.68. The van der Waals surface area contributed by atoms with Gasteiger partial charge < -0.3 is 24.2 Å². The van der Waals surface area contributed by atoms with Crippen molar-refractivity contribution in [3.8, 4) is 5.75 Å². The summed E-state index contributed by atoms with van der Waals surface area (Å²) >= 11 is 5.63. The van der Waals surface area contributed by atoms with Gasteiger partial charge in [0.15, 0.2) is 13.2 Å². The quantitative estimate of drug-likeness (QED) is 0.518. The van der Waals surface area contributed by atoms with Crippen LogP contribution in [-0.2, 0) is 21.6 Å². The van der Waals surface area contributed by atoms with Crippen molar-refractivity contribution in [2.75, 3.05) is 13.7 Å². The lowest BCUT2D eigenvalue weighted by molar-refractivity contribution is -0.162. The zero-order chi connectivity index (χ0) is 25.7. The molecule has 2 heterocycles. The Bertz CT molecular complexity index is 1230. The number of aromatic nitrogens is 2. The normalized spacial score (nSPS) is 26.6. The molecule has 8 nitrogen and oxygen atoms in total. The molecule has 2 bridgehead atoms. The third-order valence-corrected chi connectivity index (χ3v) is 6.86. The van der Waals surface area contributed by atoms with Crippen molar-refractivity contribution in [1.82, 2.24) is 20.4 Å². The molecule has 2 aromatic rings. The van der Waals surface area contributed by atoms with E-state index < -0.39 is 18.0 Å². The highest BCUT2D eigenvalue weighted by Crippen LogP contribution is 2.67. The van der Waals surface area contributed by atoms with E-state index in [1.807, 2.05) is 0 Å². The van der Waals surface area contributed by atoms with Crippen molar-refractivity contribution in [3.63, 3.8) is 0 Å². The molecule has 1 atom stereocenters. The van der Waals surface area contributed by atoms with Crippen molar-refractivity contribution >= 4 is 17.5 Å². The van der Waals surface area contributed by atoms with Gasteiger partial charge in [-0.25, -0.2) is 4.39 Å². The molecule has 1 unspecified atom stereocenters. The van der Waals surface area contributed by atoms with Gasteiger partial charge >= 0.3 is 6.18 Å². The van der Waals surface area contributed by atoms with Crippen molar-refractivity contribution < 1.29 is 36.4 Å². The Balaban J connectivity index is 1.10. The van der Waals surface area contributed by atoms with Gasteiger partial charge in [-0.2, -0.15) is 18.2 Å². The first-order chi connectivity index (χ1) is 17.0. The number of allylic oxidation sites excluding steroid dienone is 1. The summed E-state index contributed by atoms with van der Waals surface area (Å²) in [6.45, 7) is -0.415. The highest BCUT2D eigenvalue weighted by molar-refractivity contribution is 6.30. The fourth-order valence-corrected chi connectivity index (χ4v) is 5.02. The van der Waals surface area contributed by atoms with E-state index >= 15 is 0 Å². The Morgan fingerprint density at radius 3 is 2.75 bits per heavy atom. The van der Waals surface area contributed by atoms with Crippen LogP contribution in [0.4, 0.5) is 17.6 Å². The van der Waals surface area contributed by atoms with Crippen LogP contribution < -0.4 is 10.1 Å². The summed E-state index contributed by atoms with van der Waals surface area (Å²) in [6, 6.07) is 2.15. The van der Waals surface area contributed by atoms with Crippen LogP contribution in [0.15, 0.2) is 46.8 Å². The topological polar surface area (TPSA) is 89.7 Å². The average molecular weight is 529 g/mol. The number of carbonyl (C=O) groups excluding carboxylic acids is 1. The molecular formula is C23H21ClF4N4O4. The highest BCUT2D eigenvalue weighted by Gasteiger charge is 2.72. The molecule has 1 aliphatic heterocycles. The number of carbonyl (C=O) groups is 1. The summed E-state index contributed by atoms with van der Waals surface area (Å²) < 4.78 is 68.9. The van der Waals surface area contributed by atoms with Gasteiger partial charge in [0.2, 0.25) is 11.7 Å². The monoisotopic (exact) mass is 528 g/mol. The van der Waals surface area contributed by atoms with Crippen LogP contribution in [0.5, 0.6) is 5.75 Å².